The molecule has 210 valence electrons. The summed E-state index contributed by atoms with van der Waals surface area (Å²) in [6.07, 6.45) is 5.63. The van der Waals surface area contributed by atoms with Crippen molar-refractivity contribution >= 4 is 59.0 Å². The Hall–Kier alpha value is -2.74. The number of hydrogen-bond acceptors (Lipinski definition) is 8. The minimum absolute atomic E-state index is 0.0757. The van der Waals surface area contributed by atoms with Crippen LogP contribution in [0.4, 0.5) is 0 Å². The van der Waals surface area contributed by atoms with Gasteiger partial charge >= 0.3 is 5.97 Å². The summed E-state index contributed by atoms with van der Waals surface area (Å²) in [5.74, 6) is -2.33. The molecule has 38 heavy (non-hydrogen) atoms. The zero-order valence-corrected chi connectivity index (χ0v) is 23.2. The van der Waals surface area contributed by atoms with Gasteiger partial charge in [-0.3, -0.25) is 14.4 Å². The molecule has 0 aliphatic heterocycles. The molecule has 4 unspecified atom stereocenters. The molecule has 0 aliphatic rings. The van der Waals surface area contributed by atoms with E-state index < -0.39 is 47.9 Å². The summed E-state index contributed by atoms with van der Waals surface area (Å²) in [4.78, 5) is 53.7. The van der Waals surface area contributed by atoms with E-state index in [9.17, 15) is 24.3 Å². The molecular weight excluding hydrogens is 528 g/mol. The number of unbranched alkanes of at least 4 members (excludes halogenated alkanes) is 1. The fraction of sp³-hybridized carbons (Fsp3) is 0.520. The van der Waals surface area contributed by atoms with Gasteiger partial charge in [0.05, 0.1) is 6.04 Å². The third kappa shape index (κ3) is 9.53. The maximum Gasteiger partial charge on any atom is 0.326 e. The lowest BCUT2D eigenvalue weighted by Gasteiger charge is -2.24. The van der Waals surface area contributed by atoms with Crippen LogP contribution in [0.1, 0.15) is 31.2 Å². The number of thioether (sulfide) groups is 1. The van der Waals surface area contributed by atoms with E-state index in [1.54, 1.807) is 18.0 Å². The number of hydrogen-bond donors (Lipinski definition) is 8. The number of nitrogens with one attached hydrogen (secondary N) is 4. The van der Waals surface area contributed by atoms with Crippen LogP contribution in [0, 0.1) is 0 Å². The highest BCUT2D eigenvalue weighted by atomic mass is 32.2. The van der Waals surface area contributed by atoms with Gasteiger partial charge in [0.15, 0.2) is 0 Å². The Morgan fingerprint density at radius 3 is 2.32 bits per heavy atom. The fourth-order valence-corrected chi connectivity index (χ4v) is 4.62. The van der Waals surface area contributed by atoms with Gasteiger partial charge in [0.2, 0.25) is 17.7 Å². The van der Waals surface area contributed by atoms with Crippen molar-refractivity contribution in [3.63, 3.8) is 0 Å². The molecule has 2 rings (SSSR count). The average Bonchev–Trinajstić information content (AvgIpc) is 3.31. The van der Waals surface area contributed by atoms with Crippen molar-refractivity contribution in [1.82, 2.24) is 20.9 Å². The molecule has 1 aromatic carbocycles. The van der Waals surface area contributed by atoms with E-state index in [1.807, 2.05) is 30.5 Å². The fourth-order valence-electron chi connectivity index (χ4n) is 3.87. The predicted octanol–water partition coefficient (Wildman–Crippen LogP) is 0.389. The van der Waals surface area contributed by atoms with Gasteiger partial charge in [0.25, 0.3) is 0 Å². The smallest absolute Gasteiger partial charge is 0.326 e. The second kappa shape index (κ2) is 16.3. The first-order valence-electron chi connectivity index (χ1n) is 12.5. The monoisotopic (exact) mass is 566 g/mol. The number of fused-ring (bicyclic) bond motifs is 1. The summed E-state index contributed by atoms with van der Waals surface area (Å²) in [5.41, 5.74) is 13.2. The van der Waals surface area contributed by atoms with E-state index in [-0.39, 0.29) is 18.6 Å². The van der Waals surface area contributed by atoms with E-state index >= 15 is 0 Å². The Morgan fingerprint density at radius 1 is 1.00 bits per heavy atom. The molecule has 0 spiro atoms. The number of amides is 3. The standard InChI is InChI=1S/C25H38N6O5S2/c1-38-11-9-17(27)22(32)30-20(12-15-13-28-18-7-3-2-6-16(15)18)23(33)31-21(14-37)24(34)29-19(25(35)36)8-4-5-10-26/h2-3,6-7,13,17,19-21,28,37H,4-5,8-12,14,26-27H2,1H3,(H,29,34)(H,30,32)(H,31,33)(H,35,36). The quantitative estimate of drug-likeness (QED) is 0.0995. The van der Waals surface area contributed by atoms with Gasteiger partial charge in [-0.15, -0.1) is 0 Å². The van der Waals surface area contributed by atoms with Crippen LogP contribution in [-0.2, 0) is 25.6 Å². The molecule has 2 aromatic rings. The number of carboxylic acids is 1. The number of carbonyl (C=O) groups is 4. The van der Waals surface area contributed by atoms with Crippen LogP contribution in [0.15, 0.2) is 30.5 Å². The number of rotatable bonds is 17. The highest BCUT2D eigenvalue weighted by Crippen LogP contribution is 2.19. The van der Waals surface area contributed by atoms with Gasteiger partial charge in [0, 0.05) is 29.3 Å². The number of benzene rings is 1. The number of aliphatic carboxylic acids is 1. The van der Waals surface area contributed by atoms with Crippen LogP contribution in [0.25, 0.3) is 10.9 Å². The van der Waals surface area contributed by atoms with Crippen molar-refractivity contribution in [3.05, 3.63) is 36.0 Å². The summed E-state index contributed by atoms with van der Waals surface area (Å²) in [6.45, 7) is 0.417. The van der Waals surface area contributed by atoms with Gasteiger partial charge in [-0.2, -0.15) is 24.4 Å². The van der Waals surface area contributed by atoms with Crippen LogP contribution in [0.5, 0.6) is 0 Å². The lowest BCUT2D eigenvalue weighted by atomic mass is 10.0. The van der Waals surface area contributed by atoms with Crippen molar-refractivity contribution in [1.29, 1.82) is 0 Å². The summed E-state index contributed by atoms with van der Waals surface area (Å²) in [5, 5.41) is 18.2. The molecule has 1 aromatic heterocycles. The van der Waals surface area contributed by atoms with Crippen molar-refractivity contribution in [2.24, 2.45) is 11.5 Å². The highest BCUT2D eigenvalue weighted by Gasteiger charge is 2.30. The Labute approximate surface area is 232 Å². The van der Waals surface area contributed by atoms with E-state index in [1.165, 1.54) is 0 Å². The molecule has 13 heteroatoms. The van der Waals surface area contributed by atoms with Crippen molar-refractivity contribution in [2.45, 2.75) is 56.3 Å². The van der Waals surface area contributed by atoms with Crippen molar-refractivity contribution in [2.75, 3.05) is 24.3 Å². The average molecular weight is 567 g/mol. The summed E-state index contributed by atoms with van der Waals surface area (Å²) >= 11 is 5.74. The lowest BCUT2D eigenvalue weighted by Crippen LogP contribution is -2.58. The van der Waals surface area contributed by atoms with Gasteiger partial charge < -0.3 is 37.5 Å². The van der Waals surface area contributed by atoms with E-state index in [0.29, 0.717) is 31.6 Å². The molecule has 1 heterocycles. The molecule has 0 radical (unpaired) electrons. The van der Waals surface area contributed by atoms with Crippen molar-refractivity contribution < 1.29 is 24.3 Å². The molecule has 9 N–H and O–H groups in total. The molecular formula is C25H38N6O5S2. The lowest BCUT2D eigenvalue weighted by molar-refractivity contribution is -0.142. The molecule has 0 saturated carbocycles. The molecule has 3 amide bonds. The second-order valence-electron chi connectivity index (χ2n) is 8.94. The Bertz CT molecular complexity index is 1080. The number of H-pyrrole nitrogens is 1. The van der Waals surface area contributed by atoms with Crippen LogP contribution >= 0.6 is 24.4 Å². The molecule has 0 saturated heterocycles. The number of carboxylic acid groups (broad SMARTS) is 1. The number of aromatic amines is 1. The number of thiol groups is 1. The van der Waals surface area contributed by atoms with Crippen LogP contribution < -0.4 is 27.4 Å². The zero-order chi connectivity index (χ0) is 28.1. The molecule has 0 bridgehead atoms. The Morgan fingerprint density at radius 2 is 1.66 bits per heavy atom. The Balaban J connectivity index is 2.18. The first-order chi connectivity index (χ1) is 18.2. The van der Waals surface area contributed by atoms with Gasteiger partial charge in [-0.05, 0) is 55.9 Å². The van der Waals surface area contributed by atoms with E-state index in [4.69, 9.17) is 11.5 Å². The number of nitrogens with two attached hydrogens (primary N) is 2. The van der Waals surface area contributed by atoms with Crippen LogP contribution in [-0.4, -0.2) is 82.3 Å². The normalized spacial score (nSPS) is 14.3. The molecule has 0 fully saturated rings. The SMILES string of the molecule is CSCCC(N)C(=O)NC(Cc1c[nH]c2ccccc12)C(=O)NC(CS)C(=O)NC(CCCCN)C(=O)O. The van der Waals surface area contributed by atoms with Crippen LogP contribution in [0.2, 0.25) is 0 Å². The summed E-state index contributed by atoms with van der Waals surface area (Å²) in [6, 6.07) is 3.50. The van der Waals surface area contributed by atoms with E-state index in [0.717, 1.165) is 16.5 Å². The zero-order valence-electron chi connectivity index (χ0n) is 21.4. The molecule has 0 aliphatic carbocycles. The largest absolute Gasteiger partial charge is 0.480 e. The second-order valence-corrected chi connectivity index (χ2v) is 10.3. The van der Waals surface area contributed by atoms with Gasteiger partial charge in [-0.1, -0.05) is 18.2 Å². The highest BCUT2D eigenvalue weighted by molar-refractivity contribution is 7.98. The molecule has 11 nitrogen and oxygen atoms in total. The third-order valence-corrected chi connectivity index (χ3v) is 7.09. The summed E-state index contributed by atoms with van der Waals surface area (Å²) in [7, 11) is 0. The van der Waals surface area contributed by atoms with Gasteiger partial charge in [-0.25, -0.2) is 4.79 Å². The minimum Gasteiger partial charge on any atom is -0.480 e. The van der Waals surface area contributed by atoms with E-state index in [2.05, 4.69) is 33.6 Å². The van der Waals surface area contributed by atoms with Crippen LogP contribution in [0.3, 0.4) is 0 Å². The first kappa shape index (κ1) is 31.5. The maximum atomic E-state index is 13.4. The topological polar surface area (TPSA) is 192 Å². The third-order valence-electron chi connectivity index (χ3n) is 6.08. The summed E-state index contributed by atoms with van der Waals surface area (Å²) < 4.78 is 0. The Kier molecular flexibility index (Phi) is 13.5. The number of para-hydroxylation sites is 1. The van der Waals surface area contributed by atoms with Gasteiger partial charge in [0.1, 0.15) is 18.1 Å². The van der Waals surface area contributed by atoms with Crippen molar-refractivity contribution in [3.8, 4) is 0 Å². The number of carbonyl (C=O) groups excluding carboxylic acids is 3. The number of aromatic nitrogens is 1. The first-order valence-corrected chi connectivity index (χ1v) is 14.5. The molecule has 4 atom stereocenters. The minimum atomic E-state index is -1.18. The maximum absolute atomic E-state index is 13.4. The predicted molar refractivity (Wildman–Crippen MR) is 153 cm³/mol.